The Morgan fingerprint density at radius 2 is 2.04 bits per heavy atom. The SMILES string of the molecule is CCOC(=O)Cc1c(C)cc2nc(Br)sc2c1OS(=O)(=O)C(F)(F)F. The molecule has 2 rings (SSSR count). The molecule has 0 radical (unpaired) electrons. The molecule has 1 heterocycles. The number of nitrogens with zero attached hydrogens (tertiary/aromatic N) is 1. The molecular weight excluding hydrogens is 451 g/mol. The molecule has 0 saturated carbocycles. The van der Waals surface area contributed by atoms with Crippen molar-refractivity contribution in [3.63, 3.8) is 0 Å². The van der Waals surface area contributed by atoms with Crippen LogP contribution in [0.1, 0.15) is 18.1 Å². The van der Waals surface area contributed by atoms with Gasteiger partial charge in [-0.2, -0.15) is 21.6 Å². The molecule has 2 aromatic rings. The van der Waals surface area contributed by atoms with Gasteiger partial charge in [0.2, 0.25) is 0 Å². The summed E-state index contributed by atoms with van der Waals surface area (Å²) < 4.78 is 70.6. The molecule has 0 saturated heterocycles. The Bertz CT molecular complexity index is 924. The van der Waals surface area contributed by atoms with Crippen LogP contribution in [0.15, 0.2) is 9.98 Å². The molecule has 0 amide bonds. The van der Waals surface area contributed by atoms with E-state index in [1.807, 2.05) is 0 Å². The maximum absolute atomic E-state index is 12.7. The van der Waals surface area contributed by atoms with Crippen molar-refractivity contribution in [3.05, 3.63) is 21.1 Å². The second-order valence-electron chi connectivity index (χ2n) is 4.78. The summed E-state index contributed by atoms with van der Waals surface area (Å²) in [5, 5.41) is 0. The number of carbonyl (C=O) groups excluding carboxylic acids is 1. The Hall–Kier alpha value is -1.40. The van der Waals surface area contributed by atoms with Crippen molar-refractivity contribution in [2.24, 2.45) is 0 Å². The number of aryl methyl sites for hydroxylation is 1. The number of ether oxygens (including phenoxy) is 1. The van der Waals surface area contributed by atoms with Crippen LogP contribution in [0, 0.1) is 6.92 Å². The van der Waals surface area contributed by atoms with E-state index in [0.29, 0.717) is 9.48 Å². The topological polar surface area (TPSA) is 82.6 Å². The highest BCUT2D eigenvalue weighted by atomic mass is 79.9. The number of aromatic nitrogens is 1. The zero-order chi connectivity index (χ0) is 19.0. The number of benzene rings is 1. The Morgan fingerprint density at radius 1 is 1.40 bits per heavy atom. The van der Waals surface area contributed by atoms with Crippen LogP contribution < -0.4 is 4.18 Å². The van der Waals surface area contributed by atoms with E-state index >= 15 is 0 Å². The molecule has 0 atom stereocenters. The van der Waals surface area contributed by atoms with E-state index in [-0.39, 0.29) is 22.4 Å². The first-order chi connectivity index (χ1) is 11.5. The first-order valence-corrected chi connectivity index (χ1v) is 9.73. The summed E-state index contributed by atoms with van der Waals surface area (Å²) in [6.07, 6.45) is -0.437. The van der Waals surface area contributed by atoms with Crippen LogP contribution in [-0.2, 0) is 26.1 Å². The standard InChI is InChI=1S/C13H11BrF3NO5S2/c1-3-22-9(19)5-7-6(2)4-8-11(24-12(14)18-8)10(7)23-25(20,21)13(15,16)17/h4H,3,5H2,1-2H3. The van der Waals surface area contributed by atoms with Gasteiger partial charge in [-0.05, 0) is 41.4 Å². The lowest BCUT2D eigenvalue weighted by Crippen LogP contribution is -2.28. The fourth-order valence-electron chi connectivity index (χ4n) is 1.99. The van der Waals surface area contributed by atoms with Crippen molar-refractivity contribution in [1.29, 1.82) is 0 Å². The number of thiazole rings is 1. The number of hydrogen-bond acceptors (Lipinski definition) is 7. The van der Waals surface area contributed by atoms with Gasteiger partial charge in [0.15, 0.2) is 9.67 Å². The number of carbonyl (C=O) groups is 1. The average Bonchev–Trinajstić information content (AvgIpc) is 2.81. The van der Waals surface area contributed by atoms with Crippen molar-refractivity contribution in [2.45, 2.75) is 25.8 Å². The van der Waals surface area contributed by atoms with E-state index < -0.39 is 33.8 Å². The molecule has 0 spiro atoms. The lowest BCUT2D eigenvalue weighted by atomic mass is 10.0. The molecule has 0 aliphatic carbocycles. The van der Waals surface area contributed by atoms with E-state index in [0.717, 1.165) is 11.3 Å². The minimum absolute atomic E-state index is 0.00470. The Labute approximate surface area is 153 Å². The highest BCUT2D eigenvalue weighted by molar-refractivity contribution is 9.11. The Balaban J connectivity index is 2.66. The van der Waals surface area contributed by atoms with Gasteiger partial charge in [0.1, 0.15) is 0 Å². The summed E-state index contributed by atoms with van der Waals surface area (Å²) in [5.74, 6) is -1.29. The maximum atomic E-state index is 12.7. The summed E-state index contributed by atoms with van der Waals surface area (Å²) in [7, 11) is -5.91. The predicted octanol–water partition coefficient (Wildman–Crippen LogP) is 3.70. The number of fused-ring (bicyclic) bond motifs is 1. The monoisotopic (exact) mass is 461 g/mol. The molecule has 138 valence electrons. The second-order valence-corrected chi connectivity index (χ2v) is 8.59. The molecule has 0 aliphatic rings. The van der Waals surface area contributed by atoms with Crippen molar-refractivity contribution in [2.75, 3.05) is 6.61 Å². The third-order valence-electron chi connectivity index (χ3n) is 3.04. The van der Waals surface area contributed by atoms with E-state index in [9.17, 15) is 26.4 Å². The second kappa shape index (κ2) is 7.08. The molecule has 6 nitrogen and oxygen atoms in total. The number of hydrogen-bond donors (Lipinski definition) is 0. The molecule has 0 unspecified atom stereocenters. The number of alkyl halides is 3. The first-order valence-electron chi connectivity index (χ1n) is 6.71. The molecule has 1 aromatic heterocycles. The Kier molecular flexibility index (Phi) is 5.64. The minimum atomic E-state index is -5.91. The first kappa shape index (κ1) is 19.9. The molecule has 25 heavy (non-hydrogen) atoms. The number of halogens is 4. The van der Waals surface area contributed by atoms with Crippen LogP contribution in [-0.4, -0.2) is 31.5 Å². The third-order valence-corrected chi connectivity index (χ3v) is 5.51. The smallest absolute Gasteiger partial charge is 0.466 e. The Morgan fingerprint density at radius 3 is 2.60 bits per heavy atom. The van der Waals surface area contributed by atoms with Gasteiger partial charge in [-0.3, -0.25) is 4.79 Å². The van der Waals surface area contributed by atoms with E-state index in [4.69, 9.17) is 4.74 Å². The van der Waals surface area contributed by atoms with Crippen molar-refractivity contribution >= 4 is 53.6 Å². The summed E-state index contributed by atoms with van der Waals surface area (Å²) >= 11 is 3.98. The highest BCUT2D eigenvalue weighted by Gasteiger charge is 2.49. The molecule has 1 aromatic carbocycles. The van der Waals surface area contributed by atoms with E-state index in [1.54, 1.807) is 6.92 Å². The van der Waals surface area contributed by atoms with Crippen molar-refractivity contribution in [1.82, 2.24) is 4.98 Å². The molecule has 0 fully saturated rings. The van der Waals surface area contributed by atoms with Crippen LogP contribution in [0.25, 0.3) is 10.2 Å². The fraction of sp³-hybridized carbons (Fsp3) is 0.385. The summed E-state index contributed by atoms with van der Waals surface area (Å²) in [4.78, 5) is 15.8. The molecular formula is C13H11BrF3NO5S2. The maximum Gasteiger partial charge on any atom is 0.534 e. The van der Waals surface area contributed by atoms with Gasteiger partial charge < -0.3 is 8.92 Å². The minimum Gasteiger partial charge on any atom is -0.466 e. The van der Waals surface area contributed by atoms with Gasteiger partial charge in [-0.15, -0.1) is 11.3 Å². The lowest BCUT2D eigenvalue weighted by molar-refractivity contribution is -0.142. The van der Waals surface area contributed by atoms with Crippen LogP contribution in [0.3, 0.4) is 0 Å². The zero-order valence-electron chi connectivity index (χ0n) is 12.8. The largest absolute Gasteiger partial charge is 0.534 e. The fourth-order valence-corrected chi connectivity index (χ4v) is 4.00. The number of esters is 1. The quantitative estimate of drug-likeness (QED) is 0.383. The summed E-state index contributed by atoms with van der Waals surface area (Å²) in [5.41, 5.74) is -5.01. The molecule has 0 bridgehead atoms. The average molecular weight is 462 g/mol. The third kappa shape index (κ3) is 4.23. The summed E-state index contributed by atoms with van der Waals surface area (Å²) in [6.45, 7) is 3.15. The molecule has 0 aliphatic heterocycles. The van der Waals surface area contributed by atoms with Gasteiger partial charge in [-0.1, -0.05) is 0 Å². The number of rotatable bonds is 5. The molecule has 12 heteroatoms. The van der Waals surface area contributed by atoms with Crippen LogP contribution >= 0.6 is 27.3 Å². The van der Waals surface area contributed by atoms with E-state index in [2.05, 4.69) is 25.1 Å². The predicted molar refractivity (Wildman–Crippen MR) is 88.0 cm³/mol. The van der Waals surface area contributed by atoms with Crippen molar-refractivity contribution in [3.8, 4) is 5.75 Å². The normalized spacial score (nSPS) is 12.4. The van der Waals surface area contributed by atoms with Gasteiger partial charge >= 0.3 is 21.6 Å². The molecule has 0 N–H and O–H groups in total. The van der Waals surface area contributed by atoms with Crippen LogP contribution in [0.2, 0.25) is 0 Å². The highest BCUT2D eigenvalue weighted by Crippen LogP contribution is 2.41. The lowest BCUT2D eigenvalue weighted by Gasteiger charge is -2.15. The summed E-state index contributed by atoms with van der Waals surface area (Å²) in [6, 6.07) is 1.53. The van der Waals surface area contributed by atoms with Gasteiger partial charge in [-0.25, -0.2) is 4.98 Å². The van der Waals surface area contributed by atoms with Gasteiger partial charge in [0.05, 0.1) is 23.2 Å². The van der Waals surface area contributed by atoms with Crippen LogP contribution in [0.5, 0.6) is 5.75 Å². The zero-order valence-corrected chi connectivity index (χ0v) is 16.0. The van der Waals surface area contributed by atoms with Crippen LogP contribution in [0.4, 0.5) is 13.2 Å². The van der Waals surface area contributed by atoms with Gasteiger partial charge in [0, 0.05) is 5.56 Å². The van der Waals surface area contributed by atoms with Gasteiger partial charge in [0.25, 0.3) is 0 Å². The van der Waals surface area contributed by atoms with E-state index in [1.165, 1.54) is 13.0 Å². The van der Waals surface area contributed by atoms with Crippen molar-refractivity contribution < 1.29 is 35.3 Å².